The molecule has 1 aromatic carbocycles. The Bertz CT molecular complexity index is 352. The Hall–Kier alpha value is -0.410. The summed E-state index contributed by atoms with van der Waals surface area (Å²) in [4.78, 5) is 11.3. The summed E-state index contributed by atoms with van der Waals surface area (Å²) in [6.07, 6.45) is 0. The van der Waals surface area contributed by atoms with E-state index in [9.17, 15) is 9.18 Å². The topological polar surface area (TPSA) is 17.1 Å². The van der Waals surface area contributed by atoms with Crippen LogP contribution in [0.1, 0.15) is 22.8 Å². The molecule has 0 aliphatic rings. The molecule has 0 N–H and O–H groups in total. The Morgan fingerprint density at radius 1 is 1.57 bits per heavy atom. The third-order valence-corrected chi connectivity index (χ3v) is 2.39. The largest absolute Gasteiger partial charge is 0.293 e. The van der Waals surface area contributed by atoms with Gasteiger partial charge in [0, 0.05) is 10.6 Å². The molecule has 76 valence electrons. The number of rotatable bonds is 3. The van der Waals surface area contributed by atoms with Gasteiger partial charge in [-0.05, 0) is 30.7 Å². The van der Waals surface area contributed by atoms with Crippen LogP contribution in [-0.4, -0.2) is 10.6 Å². The summed E-state index contributed by atoms with van der Waals surface area (Å²) in [5.74, 6) is -0.0952. The number of carbonyl (C=O) groups excluding carboxylic acids is 1. The van der Waals surface area contributed by atoms with Crippen molar-refractivity contribution in [2.75, 3.05) is 0 Å². The van der Waals surface area contributed by atoms with Crippen LogP contribution in [0.15, 0.2) is 18.2 Å². The van der Waals surface area contributed by atoms with Gasteiger partial charge in [-0.1, -0.05) is 27.5 Å². The minimum absolute atomic E-state index is 0.0952. The van der Waals surface area contributed by atoms with Gasteiger partial charge in [-0.2, -0.15) is 0 Å². The average Bonchev–Trinajstić information content (AvgIpc) is 2.15. The van der Waals surface area contributed by atoms with Gasteiger partial charge in [-0.25, -0.2) is 4.39 Å². The lowest BCUT2D eigenvalue weighted by molar-refractivity contribution is 0.0995. The number of alkyl halides is 2. The number of Topliss-reactive ketones (excluding diaryl/α,β-unsaturated/α-hetero) is 1. The Balaban J connectivity index is 3.09. The van der Waals surface area contributed by atoms with Gasteiger partial charge in [0.15, 0.2) is 5.78 Å². The molecule has 1 atom stereocenters. The highest BCUT2D eigenvalue weighted by Crippen LogP contribution is 2.18. The summed E-state index contributed by atoms with van der Waals surface area (Å²) in [5, 5.41) is 0.386. The predicted molar refractivity (Wildman–Crippen MR) is 59.0 cm³/mol. The van der Waals surface area contributed by atoms with Crippen LogP contribution in [0.25, 0.3) is 0 Å². The van der Waals surface area contributed by atoms with Crippen molar-refractivity contribution in [1.29, 1.82) is 0 Å². The van der Waals surface area contributed by atoms with Crippen LogP contribution >= 0.6 is 27.5 Å². The van der Waals surface area contributed by atoms with Crippen LogP contribution in [0.2, 0.25) is 5.02 Å². The molecule has 0 aliphatic heterocycles. The summed E-state index contributed by atoms with van der Waals surface area (Å²) in [7, 11) is 0. The number of carbonyl (C=O) groups is 1. The van der Waals surface area contributed by atoms with E-state index in [1.54, 1.807) is 13.0 Å². The summed E-state index contributed by atoms with van der Waals surface area (Å²) >= 11 is 8.90. The van der Waals surface area contributed by atoms with Gasteiger partial charge < -0.3 is 0 Å². The van der Waals surface area contributed by atoms with Crippen molar-refractivity contribution in [2.45, 2.75) is 18.4 Å². The molecule has 1 nitrogen and oxygen atoms in total. The van der Waals surface area contributed by atoms with Crippen molar-refractivity contribution in [2.24, 2.45) is 0 Å². The molecule has 1 unspecified atom stereocenters. The first-order valence-corrected chi connectivity index (χ1v) is 5.37. The monoisotopic (exact) mass is 278 g/mol. The molecule has 0 spiro atoms. The molecule has 0 amide bonds. The molecule has 0 aromatic heterocycles. The van der Waals surface area contributed by atoms with Crippen LogP contribution < -0.4 is 0 Å². The predicted octanol–water partition coefficient (Wildman–Crippen LogP) is 3.78. The third-order valence-electron chi connectivity index (χ3n) is 1.76. The average molecular weight is 280 g/mol. The van der Waals surface area contributed by atoms with E-state index < -0.39 is 6.67 Å². The molecular formula is C10H9BrClFO. The Morgan fingerprint density at radius 2 is 2.21 bits per heavy atom. The van der Waals surface area contributed by atoms with Crippen molar-refractivity contribution >= 4 is 33.3 Å². The van der Waals surface area contributed by atoms with E-state index in [2.05, 4.69) is 15.9 Å². The minimum Gasteiger partial charge on any atom is -0.293 e. The van der Waals surface area contributed by atoms with Crippen LogP contribution in [0.5, 0.6) is 0 Å². The van der Waals surface area contributed by atoms with Gasteiger partial charge in [-0.15, -0.1) is 0 Å². The highest BCUT2D eigenvalue weighted by Gasteiger charge is 2.13. The molecule has 1 rings (SSSR count). The van der Waals surface area contributed by atoms with Crippen LogP contribution in [0.3, 0.4) is 0 Å². The number of benzene rings is 1. The first-order chi connectivity index (χ1) is 6.54. The van der Waals surface area contributed by atoms with Gasteiger partial charge >= 0.3 is 0 Å². The Morgan fingerprint density at radius 3 is 2.71 bits per heavy atom. The molecule has 0 fully saturated rings. The van der Waals surface area contributed by atoms with Crippen molar-refractivity contribution < 1.29 is 9.18 Å². The van der Waals surface area contributed by atoms with Crippen molar-refractivity contribution in [3.05, 3.63) is 34.3 Å². The van der Waals surface area contributed by atoms with Crippen molar-refractivity contribution in [1.82, 2.24) is 0 Å². The molecule has 0 bridgehead atoms. The second kappa shape index (κ2) is 4.89. The van der Waals surface area contributed by atoms with Crippen molar-refractivity contribution in [3.63, 3.8) is 0 Å². The fourth-order valence-electron chi connectivity index (χ4n) is 1.10. The smallest absolute Gasteiger partial charge is 0.176 e. The maximum Gasteiger partial charge on any atom is 0.176 e. The summed E-state index contributed by atoms with van der Waals surface area (Å²) in [6, 6.07) is 4.57. The molecular weight excluding hydrogens is 270 g/mol. The third kappa shape index (κ3) is 2.79. The van der Waals surface area contributed by atoms with Crippen LogP contribution in [-0.2, 0) is 6.67 Å². The van der Waals surface area contributed by atoms with Gasteiger partial charge in [0.1, 0.15) is 6.67 Å². The normalized spacial score (nSPS) is 12.6. The molecule has 0 saturated heterocycles. The molecule has 0 aliphatic carbocycles. The highest BCUT2D eigenvalue weighted by atomic mass is 79.9. The fraction of sp³-hybridized carbons (Fsp3) is 0.300. The quantitative estimate of drug-likeness (QED) is 0.608. The maximum atomic E-state index is 12.4. The molecule has 4 heteroatoms. The van der Waals surface area contributed by atoms with E-state index in [1.165, 1.54) is 12.1 Å². The Labute approximate surface area is 95.4 Å². The number of ketones is 1. The number of halogens is 3. The van der Waals surface area contributed by atoms with E-state index in [-0.39, 0.29) is 10.6 Å². The van der Waals surface area contributed by atoms with E-state index >= 15 is 0 Å². The second-order valence-corrected chi connectivity index (χ2v) is 4.77. The van der Waals surface area contributed by atoms with Gasteiger partial charge in [0.25, 0.3) is 0 Å². The van der Waals surface area contributed by atoms with Crippen molar-refractivity contribution in [3.8, 4) is 0 Å². The lowest BCUT2D eigenvalue weighted by atomic mass is 10.1. The summed E-state index contributed by atoms with van der Waals surface area (Å²) in [5.41, 5.74) is 0.864. The molecule has 1 aromatic rings. The minimum atomic E-state index is -0.614. The van der Waals surface area contributed by atoms with Gasteiger partial charge in [0.2, 0.25) is 0 Å². The Kier molecular flexibility index (Phi) is 4.08. The molecule has 0 heterocycles. The summed E-state index contributed by atoms with van der Waals surface area (Å²) in [6.45, 7) is 1.11. The lowest BCUT2D eigenvalue weighted by Gasteiger charge is -2.05. The maximum absolute atomic E-state index is 12.4. The van der Waals surface area contributed by atoms with E-state index in [4.69, 9.17) is 11.6 Å². The molecule has 0 saturated carbocycles. The van der Waals surface area contributed by atoms with Crippen LogP contribution in [0.4, 0.5) is 4.39 Å². The summed E-state index contributed by atoms with van der Waals surface area (Å²) < 4.78 is 12.4. The fourth-order valence-corrected chi connectivity index (χ4v) is 1.62. The molecule has 14 heavy (non-hydrogen) atoms. The standard InChI is InChI=1S/C10H9BrClFO/c1-6(11)10(14)8-2-7(5-13)3-9(12)4-8/h2-4,6H,5H2,1H3. The SMILES string of the molecule is CC(Br)C(=O)c1cc(Cl)cc(CF)c1. The zero-order valence-electron chi connectivity index (χ0n) is 7.56. The first kappa shape index (κ1) is 11.7. The van der Waals surface area contributed by atoms with Crippen LogP contribution in [0, 0.1) is 0 Å². The zero-order valence-corrected chi connectivity index (χ0v) is 9.90. The lowest BCUT2D eigenvalue weighted by Crippen LogP contribution is -2.10. The number of hydrogen-bond donors (Lipinski definition) is 0. The van der Waals surface area contributed by atoms with Gasteiger partial charge in [0.05, 0.1) is 4.83 Å². The van der Waals surface area contributed by atoms with E-state index in [0.29, 0.717) is 16.1 Å². The van der Waals surface area contributed by atoms with E-state index in [1.807, 2.05) is 0 Å². The zero-order chi connectivity index (χ0) is 10.7. The van der Waals surface area contributed by atoms with E-state index in [0.717, 1.165) is 0 Å². The number of hydrogen-bond acceptors (Lipinski definition) is 1. The molecule has 0 radical (unpaired) electrons. The first-order valence-electron chi connectivity index (χ1n) is 4.08. The second-order valence-electron chi connectivity index (χ2n) is 2.96. The highest BCUT2D eigenvalue weighted by molar-refractivity contribution is 9.10. The van der Waals surface area contributed by atoms with Gasteiger partial charge in [-0.3, -0.25) is 4.79 Å².